The highest BCUT2D eigenvalue weighted by atomic mass is 32.2. The van der Waals surface area contributed by atoms with Crippen LogP contribution in [0.4, 0.5) is 0 Å². The molecule has 4 rings (SSSR count). The molecule has 0 aliphatic carbocycles. The largest absolute Gasteiger partial charge is 0.269 e. The maximum atomic E-state index is 13.2. The minimum absolute atomic E-state index is 0.0197. The molecule has 0 unspecified atom stereocenters. The molecule has 0 radical (unpaired) electrons. The number of hydrogen-bond donors (Lipinski definition) is 0. The maximum absolute atomic E-state index is 13.2. The number of aryl methyl sites for hydroxylation is 2. The molecule has 1 aliphatic rings. The van der Waals surface area contributed by atoms with Gasteiger partial charge in [0.2, 0.25) is 10.0 Å². The van der Waals surface area contributed by atoms with Gasteiger partial charge in [-0.15, -0.1) is 0 Å². The molecule has 1 aliphatic heterocycles. The van der Waals surface area contributed by atoms with Crippen LogP contribution in [0.1, 0.15) is 30.9 Å². The van der Waals surface area contributed by atoms with Gasteiger partial charge in [0.05, 0.1) is 20.8 Å². The number of aromatic nitrogens is 2. The van der Waals surface area contributed by atoms with Crippen LogP contribution >= 0.6 is 0 Å². The summed E-state index contributed by atoms with van der Waals surface area (Å²) >= 11 is 0. The lowest BCUT2D eigenvalue weighted by atomic mass is 10.0. The first-order valence-electron chi connectivity index (χ1n) is 9.91. The van der Waals surface area contributed by atoms with E-state index >= 15 is 0 Å². The number of nitrogens with zero attached hydrogens (tertiary/aromatic N) is 3. The molecule has 1 fully saturated rings. The zero-order chi connectivity index (χ0) is 21.7. The average molecular weight is 448 g/mol. The van der Waals surface area contributed by atoms with Crippen molar-refractivity contribution >= 4 is 31.1 Å². The van der Waals surface area contributed by atoms with Crippen LogP contribution in [0.2, 0.25) is 0 Å². The van der Waals surface area contributed by atoms with Gasteiger partial charge in [-0.2, -0.15) is 4.31 Å². The quantitative estimate of drug-likeness (QED) is 0.612. The van der Waals surface area contributed by atoms with E-state index < -0.39 is 20.0 Å². The fraction of sp³-hybridized carbons (Fsp3) is 0.381. The fourth-order valence-electron chi connectivity index (χ4n) is 3.71. The van der Waals surface area contributed by atoms with Crippen LogP contribution in [-0.4, -0.2) is 43.2 Å². The zero-order valence-corrected chi connectivity index (χ0v) is 18.9. The Bertz CT molecular complexity index is 1300. The van der Waals surface area contributed by atoms with Crippen molar-refractivity contribution in [2.75, 3.05) is 13.1 Å². The smallest absolute Gasteiger partial charge is 0.236 e. The van der Waals surface area contributed by atoms with Gasteiger partial charge in [-0.3, -0.25) is 0 Å². The lowest BCUT2D eigenvalue weighted by molar-refractivity contribution is 0.288. The van der Waals surface area contributed by atoms with Crippen LogP contribution in [0.25, 0.3) is 11.0 Å². The van der Waals surface area contributed by atoms with Gasteiger partial charge in [-0.05, 0) is 80.1 Å². The van der Waals surface area contributed by atoms with Crippen LogP contribution in [0, 0.1) is 19.8 Å². The summed E-state index contributed by atoms with van der Waals surface area (Å²) in [6.45, 7) is 6.96. The van der Waals surface area contributed by atoms with Crippen LogP contribution < -0.4 is 0 Å². The molecular weight excluding hydrogens is 422 g/mol. The minimum Gasteiger partial charge on any atom is -0.236 e. The second-order valence-corrected chi connectivity index (χ2v) is 11.8. The third-order valence-corrected chi connectivity index (χ3v) is 9.48. The number of benzene rings is 2. The van der Waals surface area contributed by atoms with E-state index in [4.69, 9.17) is 0 Å². The number of sulfonamides is 1. The Kier molecular flexibility index (Phi) is 5.24. The monoisotopic (exact) mass is 447 g/mol. The first kappa shape index (κ1) is 21.0. The predicted octanol–water partition coefficient (Wildman–Crippen LogP) is 3.31. The zero-order valence-electron chi connectivity index (χ0n) is 17.2. The van der Waals surface area contributed by atoms with Gasteiger partial charge in [0, 0.05) is 13.1 Å². The van der Waals surface area contributed by atoms with Crippen molar-refractivity contribution in [2.45, 2.75) is 43.4 Å². The van der Waals surface area contributed by atoms with Crippen LogP contribution in [0.3, 0.4) is 0 Å². The van der Waals surface area contributed by atoms with Crippen molar-refractivity contribution in [1.82, 2.24) is 13.3 Å². The Balaban J connectivity index is 1.68. The van der Waals surface area contributed by atoms with E-state index in [0.717, 1.165) is 27.9 Å². The molecule has 3 aromatic rings. The van der Waals surface area contributed by atoms with Gasteiger partial charge in [-0.25, -0.2) is 25.8 Å². The molecular formula is C21H25N3O4S2. The molecule has 9 heteroatoms. The van der Waals surface area contributed by atoms with E-state index in [1.807, 2.05) is 19.9 Å². The Hall–Kier alpha value is -2.23. The van der Waals surface area contributed by atoms with Gasteiger partial charge >= 0.3 is 0 Å². The van der Waals surface area contributed by atoms with E-state index in [1.165, 1.54) is 34.9 Å². The first-order chi connectivity index (χ1) is 14.1. The number of imidazole rings is 1. The summed E-state index contributed by atoms with van der Waals surface area (Å²) < 4.78 is 54.7. The minimum atomic E-state index is -3.90. The molecule has 0 atom stereocenters. The summed E-state index contributed by atoms with van der Waals surface area (Å²) in [5.41, 5.74) is 3.10. The van der Waals surface area contributed by atoms with Gasteiger partial charge in [0.1, 0.15) is 6.33 Å². The van der Waals surface area contributed by atoms with Gasteiger partial charge < -0.3 is 0 Å². The molecule has 2 aromatic carbocycles. The first-order valence-corrected chi connectivity index (χ1v) is 12.8. The molecule has 30 heavy (non-hydrogen) atoms. The Morgan fingerprint density at radius 1 is 0.867 bits per heavy atom. The van der Waals surface area contributed by atoms with Crippen molar-refractivity contribution < 1.29 is 16.8 Å². The Morgan fingerprint density at radius 2 is 1.40 bits per heavy atom. The number of rotatable bonds is 4. The van der Waals surface area contributed by atoms with Gasteiger partial charge in [0.25, 0.3) is 10.0 Å². The number of hydrogen-bond acceptors (Lipinski definition) is 5. The van der Waals surface area contributed by atoms with Gasteiger partial charge in [-0.1, -0.05) is 6.92 Å². The number of piperidine rings is 1. The van der Waals surface area contributed by atoms with Crippen molar-refractivity contribution in [3.8, 4) is 0 Å². The molecule has 1 aromatic heterocycles. The van der Waals surface area contributed by atoms with Crippen LogP contribution in [-0.2, 0) is 20.0 Å². The van der Waals surface area contributed by atoms with E-state index in [2.05, 4.69) is 11.9 Å². The summed E-state index contributed by atoms with van der Waals surface area (Å²) in [5.74, 6) is 0.515. The van der Waals surface area contributed by atoms with E-state index in [9.17, 15) is 16.8 Å². The number of fused-ring (bicyclic) bond motifs is 1. The average Bonchev–Trinajstić information content (AvgIpc) is 3.12. The van der Waals surface area contributed by atoms with Gasteiger partial charge in [0.15, 0.2) is 0 Å². The maximum Gasteiger partial charge on any atom is 0.269 e. The normalized spacial score (nSPS) is 16.9. The fourth-order valence-corrected chi connectivity index (χ4v) is 6.46. The molecule has 0 bridgehead atoms. The van der Waals surface area contributed by atoms with Crippen molar-refractivity contribution in [1.29, 1.82) is 0 Å². The van der Waals surface area contributed by atoms with E-state index in [0.29, 0.717) is 30.0 Å². The molecule has 0 amide bonds. The standard InChI is InChI=1S/C21H25N3O4S2/c1-15-8-10-23(11-9-15)29(25,26)18-4-6-19(7-5-18)30(27,28)24-14-22-20-12-16(2)17(3)13-21(20)24/h4-7,12-15H,8-11H2,1-3H3. The third-order valence-electron chi connectivity index (χ3n) is 5.89. The SMILES string of the molecule is Cc1cc2ncn(S(=O)(=O)c3ccc(S(=O)(=O)N4CCC(C)CC4)cc3)c2cc1C. The predicted molar refractivity (Wildman–Crippen MR) is 115 cm³/mol. The van der Waals surface area contributed by atoms with E-state index in [1.54, 1.807) is 6.07 Å². The molecule has 0 saturated carbocycles. The lowest BCUT2D eigenvalue weighted by Crippen LogP contribution is -2.37. The third kappa shape index (κ3) is 3.55. The topological polar surface area (TPSA) is 89.3 Å². The lowest BCUT2D eigenvalue weighted by Gasteiger charge is -2.29. The van der Waals surface area contributed by atoms with Crippen LogP contribution in [0.15, 0.2) is 52.5 Å². The molecule has 160 valence electrons. The highest BCUT2D eigenvalue weighted by Crippen LogP contribution is 2.26. The summed E-state index contributed by atoms with van der Waals surface area (Å²) in [6.07, 6.45) is 2.95. The second kappa shape index (κ2) is 7.47. The summed E-state index contributed by atoms with van der Waals surface area (Å²) in [6, 6.07) is 9.09. The van der Waals surface area contributed by atoms with Crippen molar-refractivity contribution in [3.05, 3.63) is 53.9 Å². The molecule has 0 spiro atoms. The molecule has 7 nitrogen and oxygen atoms in total. The molecule has 1 saturated heterocycles. The Labute approximate surface area is 177 Å². The highest BCUT2D eigenvalue weighted by Gasteiger charge is 2.29. The summed E-state index contributed by atoms with van der Waals surface area (Å²) in [7, 11) is -7.53. The van der Waals surface area contributed by atoms with Crippen LogP contribution in [0.5, 0.6) is 0 Å². The molecule has 0 N–H and O–H groups in total. The summed E-state index contributed by atoms with van der Waals surface area (Å²) in [4.78, 5) is 4.35. The molecule has 2 heterocycles. The second-order valence-electron chi connectivity index (χ2n) is 8.03. The highest BCUT2D eigenvalue weighted by molar-refractivity contribution is 7.90. The van der Waals surface area contributed by atoms with E-state index in [-0.39, 0.29) is 9.79 Å². The Morgan fingerprint density at radius 3 is 2.00 bits per heavy atom. The summed E-state index contributed by atoms with van der Waals surface area (Å²) in [5, 5.41) is 0. The van der Waals surface area contributed by atoms with Crippen molar-refractivity contribution in [2.24, 2.45) is 5.92 Å². The van der Waals surface area contributed by atoms with Crippen molar-refractivity contribution in [3.63, 3.8) is 0 Å².